The van der Waals surface area contributed by atoms with Crippen LogP contribution in [0.4, 0.5) is 5.69 Å². The number of hydrogen-bond donors (Lipinski definition) is 0. The Morgan fingerprint density at radius 1 is 1.24 bits per heavy atom. The van der Waals surface area contributed by atoms with Gasteiger partial charge >= 0.3 is 0 Å². The number of halogens is 1. The van der Waals surface area contributed by atoms with Crippen LogP contribution in [0.15, 0.2) is 54.7 Å². The van der Waals surface area contributed by atoms with Crippen LogP contribution in [0.3, 0.4) is 0 Å². The number of ether oxygens (including phenoxy) is 1. The molecule has 1 aliphatic rings. The van der Waals surface area contributed by atoms with E-state index in [4.69, 9.17) is 16.3 Å². The molecule has 0 N–H and O–H groups in total. The molecule has 1 amide bonds. The summed E-state index contributed by atoms with van der Waals surface area (Å²) in [5.41, 5.74) is 2.84. The van der Waals surface area contributed by atoms with E-state index in [1.807, 2.05) is 35.2 Å². The van der Waals surface area contributed by atoms with Crippen LogP contribution in [0.5, 0.6) is 5.75 Å². The summed E-state index contributed by atoms with van der Waals surface area (Å²) in [7, 11) is 0. The third-order valence-electron chi connectivity index (χ3n) is 4.51. The van der Waals surface area contributed by atoms with E-state index in [2.05, 4.69) is 18.0 Å². The van der Waals surface area contributed by atoms with E-state index in [1.165, 1.54) is 5.56 Å². The molecule has 0 fully saturated rings. The van der Waals surface area contributed by atoms with Gasteiger partial charge in [0.15, 0.2) is 6.61 Å². The number of carbonyl (C=O) groups is 1. The quantitative estimate of drug-likeness (QED) is 0.708. The third-order valence-corrected chi connectivity index (χ3v) is 4.84. The molecule has 1 unspecified atom stereocenters. The van der Waals surface area contributed by atoms with Crippen LogP contribution in [0.25, 0.3) is 10.9 Å². The van der Waals surface area contributed by atoms with Crippen molar-refractivity contribution in [2.24, 2.45) is 0 Å². The van der Waals surface area contributed by atoms with Crippen molar-refractivity contribution in [2.75, 3.05) is 11.5 Å². The van der Waals surface area contributed by atoms with Gasteiger partial charge in [0, 0.05) is 23.3 Å². The molecule has 25 heavy (non-hydrogen) atoms. The molecular weight excluding hydrogens is 336 g/mol. The molecule has 0 aliphatic carbocycles. The summed E-state index contributed by atoms with van der Waals surface area (Å²) in [6.45, 7) is 2.02. The predicted molar refractivity (Wildman–Crippen MR) is 99.3 cm³/mol. The molecule has 1 aliphatic heterocycles. The summed E-state index contributed by atoms with van der Waals surface area (Å²) in [4.78, 5) is 18.9. The normalized spacial score (nSPS) is 16.1. The second-order valence-electron chi connectivity index (χ2n) is 6.18. The molecule has 0 radical (unpaired) electrons. The number of carbonyl (C=O) groups excluding carboxylic acids is 1. The predicted octanol–water partition coefficient (Wildman–Crippen LogP) is 4.24. The van der Waals surface area contributed by atoms with E-state index in [-0.39, 0.29) is 18.6 Å². The van der Waals surface area contributed by atoms with Crippen molar-refractivity contribution in [3.8, 4) is 5.75 Å². The lowest BCUT2D eigenvalue weighted by atomic mass is 10.1. The van der Waals surface area contributed by atoms with Crippen LogP contribution in [0, 0.1) is 0 Å². The number of hydrogen-bond acceptors (Lipinski definition) is 3. The summed E-state index contributed by atoms with van der Waals surface area (Å²) in [5, 5.41) is 1.43. The van der Waals surface area contributed by atoms with Gasteiger partial charge in [-0.3, -0.25) is 9.78 Å². The van der Waals surface area contributed by atoms with E-state index in [9.17, 15) is 4.79 Å². The van der Waals surface area contributed by atoms with Gasteiger partial charge in [-0.15, -0.1) is 0 Å². The highest BCUT2D eigenvalue weighted by molar-refractivity contribution is 6.35. The number of nitrogens with zero attached hydrogens (tertiary/aromatic N) is 2. The number of benzene rings is 2. The van der Waals surface area contributed by atoms with Gasteiger partial charge in [-0.2, -0.15) is 0 Å². The minimum atomic E-state index is -0.0588. The number of aromatic nitrogens is 1. The molecule has 4 nitrogen and oxygen atoms in total. The van der Waals surface area contributed by atoms with E-state index in [0.29, 0.717) is 16.3 Å². The first kappa shape index (κ1) is 15.9. The fraction of sp³-hybridized carbons (Fsp3) is 0.200. The van der Waals surface area contributed by atoms with Crippen molar-refractivity contribution >= 4 is 34.1 Å². The highest BCUT2D eigenvalue weighted by atomic mass is 35.5. The number of para-hydroxylation sites is 1. The molecule has 2 aromatic carbocycles. The van der Waals surface area contributed by atoms with Gasteiger partial charge in [-0.25, -0.2) is 0 Å². The summed E-state index contributed by atoms with van der Waals surface area (Å²) >= 11 is 6.20. The molecule has 0 saturated heterocycles. The summed E-state index contributed by atoms with van der Waals surface area (Å²) in [5.74, 6) is 0.505. The molecule has 4 rings (SSSR count). The Balaban J connectivity index is 1.56. The smallest absolute Gasteiger partial charge is 0.265 e. The van der Waals surface area contributed by atoms with Gasteiger partial charge in [0.1, 0.15) is 11.3 Å². The van der Waals surface area contributed by atoms with Crippen LogP contribution in [0.1, 0.15) is 12.5 Å². The highest BCUT2D eigenvalue weighted by Gasteiger charge is 2.30. The lowest BCUT2D eigenvalue weighted by Gasteiger charge is -2.23. The standard InChI is InChI=1S/C20H17ClN2O2/c1-13-11-14-5-2-3-7-17(14)23(13)19(24)12-25-18-9-8-16(21)15-6-4-10-22-20(15)18/h2-10,13H,11-12H2,1H3. The van der Waals surface area contributed by atoms with Crippen molar-refractivity contribution < 1.29 is 9.53 Å². The Morgan fingerprint density at radius 3 is 2.96 bits per heavy atom. The zero-order valence-electron chi connectivity index (χ0n) is 13.8. The van der Waals surface area contributed by atoms with E-state index in [1.54, 1.807) is 18.3 Å². The first-order chi connectivity index (χ1) is 12.1. The highest BCUT2D eigenvalue weighted by Crippen LogP contribution is 2.33. The van der Waals surface area contributed by atoms with Crippen molar-refractivity contribution in [3.63, 3.8) is 0 Å². The van der Waals surface area contributed by atoms with E-state index < -0.39 is 0 Å². The van der Waals surface area contributed by atoms with Gasteiger partial charge in [-0.1, -0.05) is 29.8 Å². The first-order valence-corrected chi connectivity index (χ1v) is 8.59. The SMILES string of the molecule is CC1Cc2ccccc2N1C(=O)COc1ccc(Cl)c2cccnc12. The van der Waals surface area contributed by atoms with Crippen molar-refractivity contribution in [3.05, 3.63) is 65.3 Å². The Kier molecular flexibility index (Phi) is 4.06. The monoisotopic (exact) mass is 352 g/mol. The second-order valence-corrected chi connectivity index (χ2v) is 6.59. The lowest BCUT2D eigenvalue weighted by Crippen LogP contribution is -2.39. The topological polar surface area (TPSA) is 42.4 Å². The molecular formula is C20H17ClN2O2. The number of rotatable bonds is 3. The van der Waals surface area contributed by atoms with Crippen molar-refractivity contribution in [1.82, 2.24) is 4.98 Å². The summed E-state index contributed by atoms with van der Waals surface area (Å²) in [6, 6.07) is 15.4. The molecule has 5 heteroatoms. The number of fused-ring (bicyclic) bond motifs is 2. The van der Waals surface area contributed by atoms with Crippen LogP contribution >= 0.6 is 11.6 Å². The van der Waals surface area contributed by atoms with Crippen molar-refractivity contribution in [1.29, 1.82) is 0 Å². The Morgan fingerprint density at radius 2 is 2.08 bits per heavy atom. The van der Waals surface area contributed by atoms with Crippen LogP contribution in [-0.4, -0.2) is 23.5 Å². The minimum absolute atomic E-state index is 0.0357. The lowest BCUT2D eigenvalue weighted by molar-refractivity contribution is -0.120. The fourth-order valence-electron chi connectivity index (χ4n) is 3.38. The number of anilines is 1. The minimum Gasteiger partial charge on any atom is -0.481 e. The maximum absolute atomic E-state index is 12.7. The Bertz CT molecular complexity index is 957. The van der Waals surface area contributed by atoms with Crippen LogP contribution < -0.4 is 9.64 Å². The molecule has 2 heterocycles. The summed E-state index contributed by atoms with van der Waals surface area (Å²) < 4.78 is 5.80. The summed E-state index contributed by atoms with van der Waals surface area (Å²) in [6.07, 6.45) is 2.56. The van der Waals surface area contributed by atoms with Gasteiger partial charge in [0.05, 0.1) is 5.02 Å². The Labute approximate surface area is 151 Å². The number of pyridine rings is 1. The van der Waals surface area contributed by atoms with E-state index in [0.717, 1.165) is 17.5 Å². The molecule has 1 aromatic heterocycles. The molecule has 1 atom stereocenters. The molecule has 126 valence electrons. The molecule has 0 bridgehead atoms. The van der Waals surface area contributed by atoms with Gasteiger partial charge in [0.2, 0.25) is 0 Å². The number of amides is 1. The van der Waals surface area contributed by atoms with Gasteiger partial charge in [0.25, 0.3) is 5.91 Å². The third kappa shape index (κ3) is 2.83. The van der Waals surface area contributed by atoms with Crippen LogP contribution in [0.2, 0.25) is 5.02 Å². The Hall–Kier alpha value is -2.59. The van der Waals surface area contributed by atoms with Crippen LogP contribution in [-0.2, 0) is 11.2 Å². The average molecular weight is 353 g/mol. The maximum Gasteiger partial charge on any atom is 0.265 e. The molecule has 3 aromatic rings. The average Bonchev–Trinajstić information content (AvgIpc) is 2.97. The molecule has 0 spiro atoms. The van der Waals surface area contributed by atoms with Gasteiger partial charge in [-0.05, 0) is 49.2 Å². The molecule has 0 saturated carbocycles. The largest absolute Gasteiger partial charge is 0.481 e. The fourth-order valence-corrected chi connectivity index (χ4v) is 3.60. The zero-order chi connectivity index (χ0) is 17.4. The first-order valence-electron chi connectivity index (χ1n) is 8.21. The van der Waals surface area contributed by atoms with Gasteiger partial charge < -0.3 is 9.64 Å². The second kappa shape index (κ2) is 6.37. The maximum atomic E-state index is 12.7. The van der Waals surface area contributed by atoms with E-state index >= 15 is 0 Å². The van der Waals surface area contributed by atoms with Crippen molar-refractivity contribution in [2.45, 2.75) is 19.4 Å². The zero-order valence-corrected chi connectivity index (χ0v) is 14.5.